The van der Waals surface area contributed by atoms with Crippen molar-refractivity contribution in [3.8, 4) is 0 Å². The maximum atomic E-state index is 6.99. The van der Waals surface area contributed by atoms with Crippen LogP contribution in [0, 0.1) is 5.92 Å². The lowest BCUT2D eigenvalue weighted by Crippen LogP contribution is -3.20. The van der Waals surface area contributed by atoms with E-state index in [4.69, 9.17) is 4.84 Å². The molecule has 0 spiro atoms. The first-order chi connectivity index (χ1) is 12.9. The van der Waals surface area contributed by atoms with Gasteiger partial charge in [0.1, 0.15) is 0 Å². The van der Waals surface area contributed by atoms with Crippen molar-refractivity contribution in [2.45, 2.75) is 50.3 Å². The summed E-state index contributed by atoms with van der Waals surface area (Å²) >= 11 is 0. The van der Waals surface area contributed by atoms with E-state index in [1.54, 1.807) is 4.90 Å². The van der Waals surface area contributed by atoms with E-state index < -0.39 is 0 Å². The molecule has 2 heterocycles. The molecule has 3 heteroatoms. The van der Waals surface area contributed by atoms with E-state index >= 15 is 0 Å². The lowest BCUT2D eigenvalue weighted by molar-refractivity contribution is -0.972. The Kier molecular flexibility index (Phi) is 4.22. The van der Waals surface area contributed by atoms with Crippen LogP contribution < -0.4 is 9.96 Å². The van der Waals surface area contributed by atoms with Crippen molar-refractivity contribution in [1.82, 2.24) is 0 Å². The Hall–Kier alpha value is -1.84. The number of fused-ring (bicyclic) bond motifs is 1. The highest BCUT2D eigenvalue weighted by atomic mass is 16.7. The lowest BCUT2D eigenvalue weighted by Gasteiger charge is -2.40. The fourth-order valence-electron chi connectivity index (χ4n) is 5.63. The molecule has 136 valence electrons. The van der Waals surface area contributed by atoms with Gasteiger partial charge in [-0.05, 0) is 30.5 Å². The van der Waals surface area contributed by atoms with E-state index in [9.17, 15) is 0 Å². The van der Waals surface area contributed by atoms with Crippen LogP contribution in [0.3, 0.4) is 0 Å². The van der Waals surface area contributed by atoms with Crippen molar-refractivity contribution in [3.05, 3.63) is 66.2 Å². The van der Waals surface area contributed by atoms with Gasteiger partial charge in [0.25, 0.3) is 0 Å². The van der Waals surface area contributed by atoms with Gasteiger partial charge in [0, 0.05) is 19.3 Å². The summed E-state index contributed by atoms with van der Waals surface area (Å²) < 4.78 is 0. The Morgan fingerprint density at radius 1 is 0.846 bits per heavy atom. The number of anilines is 1. The monoisotopic (exact) mass is 349 g/mol. The van der Waals surface area contributed by atoms with Crippen molar-refractivity contribution in [2.75, 3.05) is 18.2 Å². The average molecular weight is 349 g/mol. The van der Waals surface area contributed by atoms with Gasteiger partial charge in [-0.15, -0.1) is 0 Å². The third-order valence-corrected chi connectivity index (χ3v) is 6.76. The van der Waals surface area contributed by atoms with Crippen molar-refractivity contribution < 1.29 is 9.74 Å². The zero-order chi connectivity index (χ0) is 17.4. The number of hydrogen-bond donors (Lipinski definition) is 1. The molecule has 1 N–H and O–H groups in total. The van der Waals surface area contributed by atoms with Crippen molar-refractivity contribution >= 4 is 5.69 Å². The highest BCUT2D eigenvalue weighted by Gasteiger charge is 2.62. The third kappa shape index (κ3) is 2.57. The molecular formula is C23H29N2O+. The first kappa shape index (κ1) is 16.3. The summed E-state index contributed by atoms with van der Waals surface area (Å²) in [5.41, 5.74) is 2.54. The molecule has 1 saturated carbocycles. The summed E-state index contributed by atoms with van der Waals surface area (Å²) in [5, 5.41) is 2.26. The summed E-state index contributed by atoms with van der Waals surface area (Å²) in [4.78, 5) is 8.68. The first-order valence-electron chi connectivity index (χ1n) is 10.3. The first-order valence-corrected chi connectivity index (χ1v) is 10.3. The fourth-order valence-corrected chi connectivity index (χ4v) is 5.63. The van der Waals surface area contributed by atoms with Crippen LogP contribution in [0.25, 0.3) is 0 Å². The smallest absolute Gasteiger partial charge is 0.231 e. The number of hydrogen-bond acceptors (Lipinski definition) is 2. The molecule has 0 radical (unpaired) electrons. The van der Waals surface area contributed by atoms with Gasteiger partial charge in [-0.25, -0.2) is 9.90 Å². The maximum absolute atomic E-state index is 6.99. The second kappa shape index (κ2) is 6.71. The number of likely N-dealkylation sites (tertiary alicyclic amines) is 1. The minimum atomic E-state index is -0.0366. The van der Waals surface area contributed by atoms with Gasteiger partial charge in [-0.3, -0.25) is 0 Å². The topological polar surface area (TPSA) is 16.9 Å². The minimum Gasteiger partial charge on any atom is -0.305 e. The Morgan fingerprint density at radius 3 is 2.27 bits per heavy atom. The normalized spacial score (nSPS) is 31.9. The maximum Gasteiger partial charge on any atom is 0.231 e. The quantitative estimate of drug-likeness (QED) is 0.909. The Balaban J connectivity index is 1.61. The Labute approximate surface area is 156 Å². The molecule has 2 saturated heterocycles. The van der Waals surface area contributed by atoms with Gasteiger partial charge in [0.2, 0.25) is 5.72 Å². The third-order valence-electron chi connectivity index (χ3n) is 6.76. The van der Waals surface area contributed by atoms with E-state index in [2.05, 4.69) is 65.7 Å². The number of para-hydroxylation sites is 1. The number of quaternary nitrogens is 1. The summed E-state index contributed by atoms with van der Waals surface area (Å²) in [6.45, 7) is 2.53. The number of rotatable bonds is 3. The van der Waals surface area contributed by atoms with Crippen LogP contribution in [0.1, 0.15) is 50.1 Å². The van der Waals surface area contributed by atoms with Gasteiger partial charge in [-0.1, -0.05) is 55.0 Å². The Morgan fingerprint density at radius 2 is 1.54 bits per heavy atom. The molecule has 2 aliphatic heterocycles. The van der Waals surface area contributed by atoms with Crippen LogP contribution in [-0.4, -0.2) is 18.8 Å². The molecule has 1 aliphatic carbocycles. The molecular weight excluding hydrogens is 320 g/mol. The summed E-state index contributed by atoms with van der Waals surface area (Å²) in [5.74, 6) is 0.562. The van der Waals surface area contributed by atoms with Crippen LogP contribution >= 0.6 is 0 Å². The van der Waals surface area contributed by atoms with Crippen molar-refractivity contribution in [2.24, 2.45) is 5.92 Å². The lowest BCUT2D eigenvalue weighted by atomic mass is 9.75. The second-order valence-corrected chi connectivity index (χ2v) is 8.16. The fraction of sp³-hybridized carbons (Fsp3) is 0.478. The van der Waals surface area contributed by atoms with Gasteiger partial charge in [0.05, 0.1) is 30.7 Å². The number of nitrogens with zero attached hydrogens (tertiary/aromatic N) is 1. The SMILES string of the molecule is c1ccc([C@H]2[C@H]3CCCC[C@]3([NH+]3CCCC3)ON2c2ccccc2)cc1. The van der Waals surface area contributed by atoms with Gasteiger partial charge >= 0.3 is 0 Å². The Bertz CT molecular complexity index is 728. The van der Waals surface area contributed by atoms with Crippen LogP contribution in [0.15, 0.2) is 60.7 Å². The number of hydroxylamine groups is 1. The second-order valence-electron chi connectivity index (χ2n) is 8.16. The van der Waals surface area contributed by atoms with E-state index in [1.165, 1.54) is 62.9 Å². The predicted molar refractivity (Wildman–Crippen MR) is 104 cm³/mol. The van der Waals surface area contributed by atoms with Gasteiger partial charge in [-0.2, -0.15) is 0 Å². The highest BCUT2D eigenvalue weighted by Crippen LogP contribution is 2.51. The average Bonchev–Trinajstić information content (AvgIpc) is 3.36. The number of benzene rings is 2. The van der Waals surface area contributed by atoms with E-state index in [0.717, 1.165) is 0 Å². The molecule has 3 nitrogen and oxygen atoms in total. The van der Waals surface area contributed by atoms with Crippen LogP contribution in [0.4, 0.5) is 5.69 Å². The van der Waals surface area contributed by atoms with Gasteiger partial charge < -0.3 is 4.90 Å². The predicted octanol–water partition coefficient (Wildman–Crippen LogP) is 3.74. The van der Waals surface area contributed by atoms with Gasteiger partial charge in [0.15, 0.2) is 0 Å². The standard InChI is InChI=1S/C23H28N2O/c1-3-11-19(12-4-1)22-21-15-7-8-16-23(21,24-17-9-10-18-24)26-25(22)20-13-5-2-6-14-20/h1-6,11-14,21-22H,7-10,15-18H2/p+1/t21-,22+,23+/m1/s1. The molecule has 3 atom stereocenters. The summed E-state index contributed by atoms with van der Waals surface area (Å²) in [7, 11) is 0. The van der Waals surface area contributed by atoms with E-state index in [0.29, 0.717) is 12.0 Å². The molecule has 0 amide bonds. The van der Waals surface area contributed by atoms with Crippen molar-refractivity contribution in [3.63, 3.8) is 0 Å². The highest BCUT2D eigenvalue weighted by molar-refractivity contribution is 5.48. The zero-order valence-corrected chi connectivity index (χ0v) is 15.4. The van der Waals surface area contributed by atoms with E-state index in [-0.39, 0.29) is 5.72 Å². The molecule has 0 aromatic heterocycles. The molecule has 3 fully saturated rings. The molecule has 3 aliphatic rings. The number of nitrogens with one attached hydrogen (secondary N) is 1. The largest absolute Gasteiger partial charge is 0.305 e. The van der Waals surface area contributed by atoms with Crippen LogP contribution in [-0.2, 0) is 4.84 Å². The molecule has 26 heavy (non-hydrogen) atoms. The zero-order valence-electron chi connectivity index (χ0n) is 15.4. The van der Waals surface area contributed by atoms with Crippen molar-refractivity contribution in [1.29, 1.82) is 0 Å². The molecule has 2 aromatic carbocycles. The molecule has 0 unspecified atom stereocenters. The van der Waals surface area contributed by atoms with E-state index in [1.807, 2.05) is 0 Å². The minimum absolute atomic E-state index is 0.0366. The molecule has 2 aromatic rings. The summed E-state index contributed by atoms with van der Waals surface area (Å²) in [6.07, 6.45) is 7.77. The summed E-state index contributed by atoms with van der Waals surface area (Å²) in [6, 6.07) is 22.1. The molecule has 5 rings (SSSR count). The van der Waals surface area contributed by atoms with Crippen LogP contribution in [0.2, 0.25) is 0 Å². The molecule has 0 bridgehead atoms. The van der Waals surface area contributed by atoms with Crippen LogP contribution in [0.5, 0.6) is 0 Å².